The van der Waals surface area contributed by atoms with Crippen molar-refractivity contribution >= 4 is 11.8 Å². The predicted octanol–water partition coefficient (Wildman–Crippen LogP) is 5.83. The molecule has 0 amide bonds. The molecule has 0 fully saturated rings. The Morgan fingerprint density at radius 3 is 1.74 bits per heavy atom. The zero-order valence-corrected chi connectivity index (χ0v) is 13.1. The van der Waals surface area contributed by atoms with Crippen LogP contribution in [0.15, 0.2) is 47.6 Å². The van der Waals surface area contributed by atoms with Crippen molar-refractivity contribution in [3.05, 3.63) is 47.6 Å². The SMILES string of the molecule is CCCCC1=CC(SC2C=CC(CCCC)=C2)C=C1. The van der Waals surface area contributed by atoms with E-state index < -0.39 is 0 Å². The lowest BCUT2D eigenvalue weighted by molar-refractivity contribution is 0.798. The van der Waals surface area contributed by atoms with E-state index in [-0.39, 0.29) is 0 Å². The average Bonchev–Trinajstić information content (AvgIpc) is 3.04. The summed E-state index contributed by atoms with van der Waals surface area (Å²) in [6, 6.07) is 0. The summed E-state index contributed by atoms with van der Waals surface area (Å²) in [6.45, 7) is 4.52. The fourth-order valence-electron chi connectivity index (χ4n) is 2.53. The van der Waals surface area contributed by atoms with Crippen LogP contribution in [0.1, 0.15) is 52.4 Å². The molecule has 0 N–H and O–H groups in total. The fraction of sp³-hybridized carbons (Fsp3) is 0.556. The van der Waals surface area contributed by atoms with Crippen LogP contribution in [0, 0.1) is 0 Å². The first-order chi connectivity index (χ1) is 9.31. The number of thioether (sulfide) groups is 1. The molecule has 2 aliphatic rings. The minimum absolute atomic E-state index is 0.586. The summed E-state index contributed by atoms with van der Waals surface area (Å²) >= 11 is 2.06. The average molecular weight is 274 g/mol. The lowest BCUT2D eigenvalue weighted by Crippen LogP contribution is -1.99. The normalized spacial score (nSPS) is 24.9. The van der Waals surface area contributed by atoms with Crippen molar-refractivity contribution in [3.8, 4) is 0 Å². The van der Waals surface area contributed by atoms with E-state index in [1.807, 2.05) is 0 Å². The number of unbranched alkanes of at least 4 members (excludes halogenated alkanes) is 2. The summed E-state index contributed by atoms with van der Waals surface area (Å²) in [7, 11) is 0. The summed E-state index contributed by atoms with van der Waals surface area (Å²) in [5.41, 5.74) is 3.08. The van der Waals surface area contributed by atoms with Crippen LogP contribution in [-0.2, 0) is 0 Å². The molecule has 2 atom stereocenters. The molecule has 0 heterocycles. The molecule has 104 valence electrons. The van der Waals surface area contributed by atoms with Crippen molar-refractivity contribution in [1.29, 1.82) is 0 Å². The Morgan fingerprint density at radius 1 is 0.842 bits per heavy atom. The highest BCUT2D eigenvalue weighted by molar-refractivity contribution is 8.01. The molecule has 0 bridgehead atoms. The van der Waals surface area contributed by atoms with Gasteiger partial charge in [0.05, 0.1) is 0 Å². The monoisotopic (exact) mass is 274 g/mol. The van der Waals surface area contributed by atoms with Gasteiger partial charge in [-0.05, 0) is 25.7 Å². The maximum absolute atomic E-state index is 2.45. The number of hydrogen-bond acceptors (Lipinski definition) is 1. The Labute approximate surface area is 122 Å². The Morgan fingerprint density at radius 2 is 1.32 bits per heavy atom. The van der Waals surface area contributed by atoms with Crippen molar-refractivity contribution in [2.45, 2.75) is 62.9 Å². The smallest absolute Gasteiger partial charge is 0.0425 e. The molecule has 19 heavy (non-hydrogen) atoms. The number of allylic oxidation sites excluding steroid dienone is 4. The third kappa shape index (κ3) is 4.72. The number of rotatable bonds is 8. The van der Waals surface area contributed by atoms with E-state index in [2.05, 4.69) is 62.1 Å². The quantitative estimate of drug-likeness (QED) is 0.536. The third-order valence-corrected chi connectivity index (χ3v) is 4.92. The topological polar surface area (TPSA) is 0 Å². The molecule has 0 saturated carbocycles. The summed E-state index contributed by atoms with van der Waals surface area (Å²) < 4.78 is 0. The first-order valence-electron chi connectivity index (χ1n) is 7.75. The highest BCUT2D eigenvalue weighted by Gasteiger charge is 2.16. The maximum atomic E-state index is 2.45. The van der Waals surface area contributed by atoms with Gasteiger partial charge in [0.25, 0.3) is 0 Å². The number of hydrogen-bond donors (Lipinski definition) is 0. The van der Waals surface area contributed by atoms with E-state index in [1.165, 1.54) is 49.7 Å². The molecule has 0 radical (unpaired) electrons. The maximum Gasteiger partial charge on any atom is 0.0425 e. The molecule has 0 saturated heterocycles. The van der Waals surface area contributed by atoms with Gasteiger partial charge in [0.1, 0.15) is 0 Å². The highest BCUT2D eigenvalue weighted by atomic mass is 32.2. The van der Waals surface area contributed by atoms with Crippen LogP contribution in [0.2, 0.25) is 0 Å². The van der Waals surface area contributed by atoms with Crippen molar-refractivity contribution < 1.29 is 0 Å². The van der Waals surface area contributed by atoms with E-state index in [0.29, 0.717) is 10.5 Å². The summed E-state index contributed by atoms with van der Waals surface area (Å²) in [5, 5.41) is 1.17. The summed E-state index contributed by atoms with van der Waals surface area (Å²) in [6.07, 6.45) is 22.0. The zero-order valence-electron chi connectivity index (χ0n) is 12.3. The van der Waals surface area contributed by atoms with Gasteiger partial charge in [-0.1, -0.05) is 74.3 Å². The highest BCUT2D eigenvalue weighted by Crippen LogP contribution is 2.32. The van der Waals surface area contributed by atoms with Gasteiger partial charge in [-0.3, -0.25) is 0 Å². The molecule has 0 aromatic rings. The van der Waals surface area contributed by atoms with Gasteiger partial charge in [0, 0.05) is 10.5 Å². The van der Waals surface area contributed by atoms with E-state index in [4.69, 9.17) is 0 Å². The molecule has 0 aliphatic heterocycles. The standard InChI is InChI=1S/C18H26S/c1-3-5-7-15-9-11-17(13-15)19-18-12-10-16(14-18)8-6-4-2/h9-14,17-18H,3-8H2,1-2H3. The molecule has 0 nitrogen and oxygen atoms in total. The van der Waals surface area contributed by atoms with Gasteiger partial charge >= 0.3 is 0 Å². The fourth-order valence-corrected chi connectivity index (χ4v) is 3.74. The minimum atomic E-state index is 0.586. The van der Waals surface area contributed by atoms with E-state index >= 15 is 0 Å². The second-order valence-corrected chi connectivity index (χ2v) is 6.83. The molecule has 2 aliphatic carbocycles. The van der Waals surface area contributed by atoms with Crippen molar-refractivity contribution in [2.24, 2.45) is 0 Å². The zero-order chi connectivity index (χ0) is 13.5. The Hall–Kier alpha value is -0.690. The molecule has 0 aromatic heterocycles. The van der Waals surface area contributed by atoms with E-state index in [1.54, 1.807) is 0 Å². The van der Waals surface area contributed by atoms with Gasteiger partial charge in [-0.15, -0.1) is 11.8 Å². The largest absolute Gasteiger partial charge is 0.138 e. The molecular formula is C18H26S. The van der Waals surface area contributed by atoms with Crippen LogP contribution in [0.3, 0.4) is 0 Å². The molecule has 1 heteroatoms. The second-order valence-electron chi connectivity index (χ2n) is 5.47. The van der Waals surface area contributed by atoms with Gasteiger partial charge in [0.15, 0.2) is 0 Å². The first kappa shape index (κ1) is 14.7. The van der Waals surface area contributed by atoms with Crippen LogP contribution >= 0.6 is 11.8 Å². The minimum Gasteiger partial charge on any atom is -0.138 e. The van der Waals surface area contributed by atoms with Crippen LogP contribution in [0.5, 0.6) is 0 Å². The molecule has 2 unspecified atom stereocenters. The van der Waals surface area contributed by atoms with E-state index in [0.717, 1.165) is 0 Å². The van der Waals surface area contributed by atoms with Gasteiger partial charge in [-0.25, -0.2) is 0 Å². The lowest BCUT2D eigenvalue weighted by Gasteiger charge is -2.09. The van der Waals surface area contributed by atoms with Crippen molar-refractivity contribution in [1.82, 2.24) is 0 Å². The van der Waals surface area contributed by atoms with Crippen LogP contribution in [0.25, 0.3) is 0 Å². The second kappa shape index (κ2) is 7.79. The van der Waals surface area contributed by atoms with E-state index in [9.17, 15) is 0 Å². The summed E-state index contributed by atoms with van der Waals surface area (Å²) in [5.74, 6) is 0. The summed E-state index contributed by atoms with van der Waals surface area (Å²) in [4.78, 5) is 0. The van der Waals surface area contributed by atoms with Crippen LogP contribution in [-0.4, -0.2) is 10.5 Å². The molecular weight excluding hydrogens is 248 g/mol. The van der Waals surface area contributed by atoms with Crippen molar-refractivity contribution in [3.63, 3.8) is 0 Å². The molecule has 0 spiro atoms. The van der Waals surface area contributed by atoms with Crippen molar-refractivity contribution in [2.75, 3.05) is 0 Å². The van der Waals surface area contributed by atoms with Gasteiger partial charge in [0.2, 0.25) is 0 Å². The van der Waals surface area contributed by atoms with Gasteiger partial charge in [-0.2, -0.15) is 0 Å². The Bertz CT molecular complexity index is 360. The van der Waals surface area contributed by atoms with Crippen LogP contribution < -0.4 is 0 Å². The Kier molecular flexibility index (Phi) is 6.03. The first-order valence-corrected chi connectivity index (χ1v) is 8.69. The van der Waals surface area contributed by atoms with Gasteiger partial charge < -0.3 is 0 Å². The predicted molar refractivity (Wildman–Crippen MR) is 88.7 cm³/mol. The third-order valence-electron chi connectivity index (χ3n) is 3.71. The van der Waals surface area contributed by atoms with Crippen LogP contribution in [0.4, 0.5) is 0 Å². The molecule has 0 aromatic carbocycles. The Balaban J connectivity index is 1.78. The molecule has 2 rings (SSSR count). The lowest BCUT2D eigenvalue weighted by atomic mass is 10.1.